The third-order valence-electron chi connectivity index (χ3n) is 2.66. The summed E-state index contributed by atoms with van der Waals surface area (Å²) in [6, 6.07) is 7.71. The van der Waals surface area contributed by atoms with Crippen molar-refractivity contribution >= 4 is 29.3 Å². The molecule has 0 aliphatic rings. The van der Waals surface area contributed by atoms with Crippen LogP contribution in [0.15, 0.2) is 29.2 Å². The smallest absolute Gasteiger partial charge is 0.238 e. The summed E-state index contributed by atoms with van der Waals surface area (Å²) in [5, 5.41) is 5.60. The van der Waals surface area contributed by atoms with E-state index >= 15 is 0 Å². The molecule has 0 heterocycles. The molecule has 110 valence electrons. The van der Waals surface area contributed by atoms with Gasteiger partial charge in [0.05, 0.1) is 12.2 Å². The number of thioether (sulfide) groups is 1. The first-order chi connectivity index (χ1) is 9.52. The lowest BCUT2D eigenvalue weighted by atomic mass is 10.3. The quantitative estimate of drug-likeness (QED) is 0.747. The summed E-state index contributed by atoms with van der Waals surface area (Å²) in [6.45, 7) is 2.95. The van der Waals surface area contributed by atoms with Crippen molar-refractivity contribution in [3.8, 4) is 0 Å². The van der Waals surface area contributed by atoms with E-state index < -0.39 is 0 Å². The number of likely N-dealkylation sites (N-methyl/N-ethyl adjacent to an activating group) is 1. The number of nitrogens with zero attached hydrogens (tertiary/aromatic N) is 1. The van der Waals surface area contributed by atoms with Crippen molar-refractivity contribution < 1.29 is 9.59 Å². The molecule has 0 saturated carbocycles. The first-order valence-electron chi connectivity index (χ1n) is 6.38. The highest BCUT2D eigenvalue weighted by atomic mass is 32.2. The molecule has 5 nitrogen and oxygen atoms in total. The predicted molar refractivity (Wildman–Crippen MR) is 83.0 cm³/mol. The average Bonchev–Trinajstić information content (AvgIpc) is 2.38. The van der Waals surface area contributed by atoms with Crippen LogP contribution in [0, 0.1) is 0 Å². The highest BCUT2D eigenvalue weighted by Crippen LogP contribution is 2.24. The van der Waals surface area contributed by atoms with Crippen LogP contribution in [0.5, 0.6) is 0 Å². The number of carbonyl (C=O) groups excluding carboxylic acids is 2. The Balaban J connectivity index is 2.41. The fourth-order valence-corrected chi connectivity index (χ4v) is 2.24. The number of hydrogen-bond donors (Lipinski definition) is 2. The van der Waals surface area contributed by atoms with Crippen molar-refractivity contribution in [3.05, 3.63) is 24.3 Å². The Morgan fingerprint density at radius 3 is 2.65 bits per heavy atom. The van der Waals surface area contributed by atoms with Crippen LogP contribution in [0.25, 0.3) is 0 Å². The Kier molecular flexibility index (Phi) is 7.11. The van der Waals surface area contributed by atoms with Gasteiger partial charge in [-0.15, -0.1) is 11.8 Å². The standard InChI is InChI=1S/C14H21N3O2S/c1-11(18)15-8-9-17(2)10-14(19)16-12-6-4-5-7-13(12)20-3/h4-7H,8-10H2,1-3H3,(H,15,18)(H,16,19). The molecule has 1 rings (SSSR count). The normalized spacial score (nSPS) is 10.4. The van der Waals surface area contributed by atoms with E-state index in [-0.39, 0.29) is 11.8 Å². The Morgan fingerprint density at radius 1 is 1.30 bits per heavy atom. The van der Waals surface area contributed by atoms with Gasteiger partial charge in [-0.2, -0.15) is 0 Å². The molecule has 0 saturated heterocycles. The zero-order valence-corrected chi connectivity index (χ0v) is 12.9. The summed E-state index contributed by atoms with van der Waals surface area (Å²) in [5.41, 5.74) is 0.834. The summed E-state index contributed by atoms with van der Waals surface area (Å²) in [5.74, 6) is -0.117. The molecule has 0 fully saturated rings. The molecule has 0 aliphatic heterocycles. The van der Waals surface area contributed by atoms with Gasteiger partial charge in [0, 0.05) is 24.9 Å². The van der Waals surface area contributed by atoms with Crippen molar-refractivity contribution in [3.63, 3.8) is 0 Å². The Morgan fingerprint density at radius 2 is 2.00 bits per heavy atom. The van der Waals surface area contributed by atoms with E-state index in [4.69, 9.17) is 0 Å². The molecule has 0 spiro atoms. The maximum atomic E-state index is 11.9. The number of benzene rings is 1. The lowest BCUT2D eigenvalue weighted by molar-refractivity contribution is -0.118. The maximum Gasteiger partial charge on any atom is 0.238 e. The second-order valence-corrected chi connectivity index (χ2v) is 5.32. The second kappa shape index (κ2) is 8.60. The van der Waals surface area contributed by atoms with Gasteiger partial charge in [-0.05, 0) is 25.4 Å². The van der Waals surface area contributed by atoms with Gasteiger partial charge < -0.3 is 10.6 Å². The molecule has 0 atom stereocenters. The van der Waals surface area contributed by atoms with Gasteiger partial charge in [0.25, 0.3) is 0 Å². The first-order valence-corrected chi connectivity index (χ1v) is 7.61. The summed E-state index contributed by atoms with van der Waals surface area (Å²) in [4.78, 5) is 25.6. The number of amides is 2. The van der Waals surface area contributed by atoms with Gasteiger partial charge in [-0.3, -0.25) is 14.5 Å². The zero-order chi connectivity index (χ0) is 15.0. The minimum atomic E-state index is -0.0586. The van der Waals surface area contributed by atoms with Gasteiger partial charge in [-0.1, -0.05) is 12.1 Å². The Hall–Kier alpha value is -1.53. The SMILES string of the molecule is CSc1ccccc1NC(=O)CN(C)CCNC(C)=O. The maximum absolute atomic E-state index is 11.9. The first kappa shape index (κ1) is 16.5. The zero-order valence-electron chi connectivity index (χ0n) is 12.1. The van der Waals surface area contributed by atoms with Crippen molar-refractivity contribution in [2.45, 2.75) is 11.8 Å². The molecule has 1 aromatic rings. The van der Waals surface area contributed by atoms with E-state index in [1.54, 1.807) is 11.8 Å². The number of hydrogen-bond acceptors (Lipinski definition) is 4. The minimum absolute atomic E-state index is 0.0585. The molecule has 0 aliphatic carbocycles. The topological polar surface area (TPSA) is 61.4 Å². The van der Waals surface area contributed by atoms with Crippen molar-refractivity contribution in [1.82, 2.24) is 10.2 Å². The van der Waals surface area contributed by atoms with Crippen molar-refractivity contribution in [1.29, 1.82) is 0 Å². The van der Waals surface area contributed by atoms with E-state index in [2.05, 4.69) is 10.6 Å². The van der Waals surface area contributed by atoms with Crippen LogP contribution in [0.3, 0.4) is 0 Å². The number of para-hydroxylation sites is 1. The number of carbonyl (C=O) groups is 2. The minimum Gasteiger partial charge on any atom is -0.355 e. The van der Waals surface area contributed by atoms with E-state index in [1.807, 2.05) is 42.5 Å². The van der Waals surface area contributed by atoms with Crippen LogP contribution < -0.4 is 10.6 Å². The lowest BCUT2D eigenvalue weighted by Crippen LogP contribution is -2.36. The summed E-state index contributed by atoms with van der Waals surface area (Å²) in [7, 11) is 1.85. The van der Waals surface area contributed by atoms with Crippen LogP contribution in [0.2, 0.25) is 0 Å². The molecule has 20 heavy (non-hydrogen) atoms. The fourth-order valence-electron chi connectivity index (χ4n) is 1.68. The van der Waals surface area contributed by atoms with Gasteiger partial charge in [0.2, 0.25) is 11.8 Å². The number of nitrogens with one attached hydrogen (secondary N) is 2. The molecule has 6 heteroatoms. The summed E-state index contributed by atoms with van der Waals surface area (Å²) < 4.78 is 0. The van der Waals surface area contributed by atoms with Crippen LogP contribution >= 0.6 is 11.8 Å². The van der Waals surface area contributed by atoms with Crippen LogP contribution in [0.1, 0.15) is 6.92 Å². The molecular weight excluding hydrogens is 274 g/mol. The van der Waals surface area contributed by atoms with Crippen LogP contribution in [-0.4, -0.2) is 49.7 Å². The predicted octanol–water partition coefficient (Wildman–Crippen LogP) is 1.41. The lowest BCUT2D eigenvalue weighted by Gasteiger charge is -2.17. The average molecular weight is 295 g/mol. The van der Waals surface area contributed by atoms with E-state index in [0.29, 0.717) is 19.6 Å². The number of rotatable bonds is 7. The fraction of sp³-hybridized carbons (Fsp3) is 0.429. The molecule has 0 unspecified atom stereocenters. The van der Waals surface area contributed by atoms with Crippen molar-refractivity contribution in [2.75, 3.05) is 38.3 Å². The van der Waals surface area contributed by atoms with Gasteiger partial charge in [0.15, 0.2) is 0 Å². The van der Waals surface area contributed by atoms with E-state index in [0.717, 1.165) is 10.6 Å². The third-order valence-corrected chi connectivity index (χ3v) is 3.46. The van der Waals surface area contributed by atoms with Crippen LogP contribution in [-0.2, 0) is 9.59 Å². The largest absolute Gasteiger partial charge is 0.355 e. The Bertz CT molecular complexity index is 465. The summed E-state index contributed by atoms with van der Waals surface area (Å²) >= 11 is 1.60. The molecular formula is C14H21N3O2S. The van der Waals surface area contributed by atoms with Crippen LogP contribution in [0.4, 0.5) is 5.69 Å². The van der Waals surface area contributed by atoms with E-state index in [1.165, 1.54) is 6.92 Å². The molecule has 2 amide bonds. The highest BCUT2D eigenvalue weighted by Gasteiger charge is 2.08. The Labute approximate surface area is 124 Å². The molecule has 0 bridgehead atoms. The monoisotopic (exact) mass is 295 g/mol. The van der Waals surface area contributed by atoms with Gasteiger partial charge >= 0.3 is 0 Å². The molecule has 0 aromatic heterocycles. The highest BCUT2D eigenvalue weighted by molar-refractivity contribution is 7.98. The van der Waals surface area contributed by atoms with Crippen molar-refractivity contribution in [2.24, 2.45) is 0 Å². The summed E-state index contributed by atoms with van der Waals surface area (Å²) in [6.07, 6.45) is 1.98. The molecule has 2 N–H and O–H groups in total. The molecule has 0 radical (unpaired) electrons. The van der Waals surface area contributed by atoms with Gasteiger partial charge in [-0.25, -0.2) is 0 Å². The van der Waals surface area contributed by atoms with Gasteiger partial charge in [0.1, 0.15) is 0 Å². The second-order valence-electron chi connectivity index (χ2n) is 4.47. The molecule has 1 aromatic carbocycles. The van der Waals surface area contributed by atoms with E-state index in [9.17, 15) is 9.59 Å². The number of anilines is 1. The third kappa shape index (κ3) is 6.08.